The van der Waals surface area contributed by atoms with Gasteiger partial charge in [-0.1, -0.05) is 23.5 Å². The van der Waals surface area contributed by atoms with Gasteiger partial charge in [-0.25, -0.2) is 15.0 Å². The highest BCUT2D eigenvalue weighted by molar-refractivity contribution is 7.22. The van der Waals surface area contributed by atoms with E-state index in [1.807, 2.05) is 32.2 Å². The van der Waals surface area contributed by atoms with E-state index in [4.69, 9.17) is 0 Å². The van der Waals surface area contributed by atoms with Crippen LogP contribution in [0, 0.1) is 6.92 Å². The first-order valence-electron chi connectivity index (χ1n) is 8.18. The molecule has 0 bridgehead atoms. The van der Waals surface area contributed by atoms with Crippen molar-refractivity contribution in [3.8, 4) is 11.1 Å². The summed E-state index contributed by atoms with van der Waals surface area (Å²) in [6, 6.07) is 12.3. The smallest absolute Gasteiger partial charge is 0.223 e. The Labute approximate surface area is 154 Å². The Balaban J connectivity index is 1.78. The maximum absolute atomic E-state index is 11.2. The second-order valence-electron chi connectivity index (χ2n) is 6.00. The first-order chi connectivity index (χ1) is 12.5. The summed E-state index contributed by atoms with van der Waals surface area (Å²) in [5.41, 5.74) is 4.92. The molecule has 0 aliphatic rings. The lowest BCUT2D eigenvalue weighted by Gasteiger charge is -2.08. The minimum Gasteiger partial charge on any atom is -0.357 e. The Kier molecular flexibility index (Phi) is 4.00. The molecule has 0 unspecified atom stereocenters. The quantitative estimate of drug-likeness (QED) is 0.570. The summed E-state index contributed by atoms with van der Waals surface area (Å²) in [5, 5.41) is 7.38. The van der Waals surface area contributed by atoms with E-state index in [1.165, 1.54) is 18.3 Å². The van der Waals surface area contributed by atoms with Gasteiger partial charge in [0.2, 0.25) is 11.9 Å². The number of carbonyl (C=O) groups is 1. The van der Waals surface area contributed by atoms with E-state index >= 15 is 0 Å². The summed E-state index contributed by atoms with van der Waals surface area (Å²) >= 11 is 1.47. The van der Waals surface area contributed by atoms with Crippen LogP contribution < -0.4 is 10.6 Å². The Morgan fingerprint density at radius 2 is 1.73 bits per heavy atom. The van der Waals surface area contributed by atoms with Crippen molar-refractivity contribution < 1.29 is 4.79 Å². The van der Waals surface area contributed by atoms with Crippen molar-refractivity contribution in [1.29, 1.82) is 0 Å². The number of fused-ring (bicyclic) bond motifs is 2. The topological polar surface area (TPSA) is 79.8 Å². The molecule has 26 heavy (non-hydrogen) atoms. The van der Waals surface area contributed by atoms with Crippen molar-refractivity contribution in [2.75, 3.05) is 17.7 Å². The highest BCUT2D eigenvalue weighted by Gasteiger charge is 2.09. The molecule has 0 saturated heterocycles. The fraction of sp³-hybridized carbons (Fsp3) is 0.158. The van der Waals surface area contributed by atoms with Gasteiger partial charge in [-0.15, -0.1) is 0 Å². The lowest BCUT2D eigenvalue weighted by molar-refractivity contribution is -0.114. The molecule has 4 aromatic rings. The van der Waals surface area contributed by atoms with Crippen molar-refractivity contribution in [3.05, 3.63) is 42.1 Å². The zero-order valence-electron chi connectivity index (χ0n) is 14.6. The number of anilines is 2. The van der Waals surface area contributed by atoms with Crippen LogP contribution in [0.15, 0.2) is 36.4 Å². The normalized spacial score (nSPS) is 11.0. The Hall–Kier alpha value is -3.06. The van der Waals surface area contributed by atoms with Gasteiger partial charge in [-0.05, 0) is 42.3 Å². The van der Waals surface area contributed by atoms with Gasteiger partial charge >= 0.3 is 0 Å². The summed E-state index contributed by atoms with van der Waals surface area (Å²) < 4.78 is 1.03. The molecular weight excluding hydrogens is 346 g/mol. The summed E-state index contributed by atoms with van der Waals surface area (Å²) in [6.07, 6.45) is 0. The van der Waals surface area contributed by atoms with Crippen LogP contribution in [0.5, 0.6) is 0 Å². The van der Waals surface area contributed by atoms with Crippen molar-refractivity contribution in [3.63, 3.8) is 0 Å². The number of aromatic nitrogens is 3. The molecule has 0 radical (unpaired) electrons. The number of amides is 1. The van der Waals surface area contributed by atoms with Gasteiger partial charge in [0.05, 0.1) is 21.4 Å². The highest BCUT2D eigenvalue weighted by atomic mass is 32.1. The second kappa shape index (κ2) is 6.34. The number of rotatable bonds is 3. The van der Waals surface area contributed by atoms with E-state index in [9.17, 15) is 4.79 Å². The monoisotopic (exact) mass is 363 g/mol. The average Bonchev–Trinajstić information content (AvgIpc) is 3.01. The number of hydrogen-bond donors (Lipinski definition) is 2. The molecule has 0 saturated carbocycles. The molecule has 2 aromatic heterocycles. The molecule has 0 aliphatic carbocycles. The van der Waals surface area contributed by atoms with Crippen LogP contribution in [0.25, 0.3) is 32.2 Å². The first kappa shape index (κ1) is 16.4. The molecule has 1 amide bonds. The molecule has 2 aromatic carbocycles. The molecule has 7 heteroatoms. The highest BCUT2D eigenvalue weighted by Crippen LogP contribution is 2.32. The predicted octanol–water partition coefficient (Wildman–Crippen LogP) is 4.22. The van der Waals surface area contributed by atoms with Gasteiger partial charge in [-0.3, -0.25) is 4.79 Å². The van der Waals surface area contributed by atoms with Crippen molar-refractivity contribution in [2.45, 2.75) is 13.8 Å². The van der Waals surface area contributed by atoms with Gasteiger partial charge in [0, 0.05) is 19.4 Å². The third kappa shape index (κ3) is 2.97. The first-order valence-corrected chi connectivity index (χ1v) is 9.00. The molecule has 0 spiro atoms. The number of nitrogens with one attached hydrogen (secondary N) is 2. The molecule has 0 fully saturated rings. The molecule has 2 N–H and O–H groups in total. The Morgan fingerprint density at radius 3 is 2.46 bits per heavy atom. The minimum atomic E-state index is -0.116. The van der Waals surface area contributed by atoms with E-state index in [0.29, 0.717) is 11.1 Å². The van der Waals surface area contributed by atoms with Crippen molar-refractivity contribution in [2.24, 2.45) is 0 Å². The van der Waals surface area contributed by atoms with Crippen LogP contribution in [0.2, 0.25) is 0 Å². The van der Waals surface area contributed by atoms with Gasteiger partial charge in [0.1, 0.15) is 0 Å². The SMILES string of the molecule is CNc1nc(C)c2cc(-c3ccc4nc(NC(C)=O)sc4c3)ccc2n1. The molecule has 130 valence electrons. The predicted molar refractivity (Wildman–Crippen MR) is 107 cm³/mol. The molecule has 4 rings (SSSR count). The summed E-state index contributed by atoms with van der Waals surface area (Å²) in [4.78, 5) is 24.6. The summed E-state index contributed by atoms with van der Waals surface area (Å²) in [7, 11) is 1.81. The Bertz CT molecular complexity index is 1150. The van der Waals surface area contributed by atoms with Crippen LogP contribution in [-0.2, 0) is 4.79 Å². The van der Waals surface area contributed by atoms with Crippen molar-refractivity contribution >= 4 is 49.4 Å². The zero-order chi connectivity index (χ0) is 18.3. The fourth-order valence-electron chi connectivity index (χ4n) is 2.88. The van der Waals surface area contributed by atoms with Gasteiger partial charge in [-0.2, -0.15) is 0 Å². The summed E-state index contributed by atoms with van der Waals surface area (Å²) in [5.74, 6) is 0.509. The van der Waals surface area contributed by atoms with Crippen LogP contribution in [0.1, 0.15) is 12.6 Å². The standard InChI is InChI=1S/C19H17N5OS/c1-10-14-8-12(4-6-15(14)23-18(20-3)21-10)13-5-7-16-17(9-13)26-19(24-16)22-11(2)25/h4-9H,1-3H3,(H,20,21,23)(H,22,24,25). The maximum Gasteiger partial charge on any atom is 0.223 e. The van der Waals surface area contributed by atoms with E-state index in [2.05, 4.69) is 43.8 Å². The summed E-state index contributed by atoms with van der Waals surface area (Å²) in [6.45, 7) is 3.47. The average molecular weight is 363 g/mol. The third-order valence-corrected chi connectivity index (χ3v) is 5.05. The molecule has 0 aliphatic heterocycles. The largest absolute Gasteiger partial charge is 0.357 e. The molecule has 2 heterocycles. The number of nitrogens with zero attached hydrogens (tertiary/aromatic N) is 3. The van der Waals surface area contributed by atoms with E-state index in [0.717, 1.165) is 37.9 Å². The second-order valence-corrected chi connectivity index (χ2v) is 7.03. The van der Waals surface area contributed by atoms with E-state index < -0.39 is 0 Å². The minimum absolute atomic E-state index is 0.116. The van der Waals surface area contributed by atoms with Crippen LogP contribution in [0.4, 0.5) is 11.1 Å². The number of thiazole rings is 1. The van der Waals surface area contributed by atoms with Crippen LogP contribution >= 0.6 is 11.3 Å². The maximum atomic E-state index is 11.2. The van der Waals surface area contributed by atoms with Crippen LogP contribution in [0.3, 0.4) is 0 Å². The van der Waals surface area contributed by atoms with Crippen molar-refractivity contribution in [1.82, 2.24) is 15.0 Å². The van der Waals surface area contributed by atoms with E-state index in [-0.39, 0.29) is 5.91 Å². The van der Waals surface area contributed by atoms with Gasteiger partial charge in [0.15, 0.2) is 5.13 Å². The molecule has 6 nitrogen and oxygen atoms in total. The van der Waals surface area contributed by atoms with Gasteiger partial charge < -0.3 is 10.6 Å². The fourth-order valence-corrected chi connectivity index (χ4v) is 3.83. The zero-order valence-corrected chi connectivity index (χ0v) is 15.4. The molecule has 0 atom stereocenters. The third-order valence-electron chi connectivity index (χ3n) is 4.11. The number of hydrogen-bond acceptors (Lipinski definition) is 6. The number of benzene rings is 2. The number of aryl methyl sites for hydroxylation is 1. The van der Waals surface area contributed by atoms with Crippen LogP contribution in [-0.4, -0.2) is 27.9 Å². The lowest BCUT2D eigenvalue weighted by atomic mass is 10.0. The lowest BCUT2D eigenvalue weighted by Crippen LogP contribution is -2.04. The molecular formula is C19H17N5OS. The Morgan fingerprint density at radius 1 is 1.00 bits per heavy atom. The number of carbonyl (C=O) groups excluding carboxylic acids is 1. The van der Waals surface area contributed by atoms with E-state index in [1.54, 1.807) is 0 Å². The van der Waals surface area contributed by atoms with Gasteiger partial charge in [0.25, 0.3) is 0 Å².